The first kappa shape index (κ1) is 20.2. The van der Waals surface area contributed by atoms with Gasteiger partial charge in [-0.25, -0.2) is 0 Å². The molecule has 3 rings (SSSR count). The van der Waals surface area contributed by atoms with Gasteiger partial charge in [-0.2, -0.15) is 0 Å². The molecule has 5 nitrogen and oxygen atoms in total. The van der Waals surface area contributed by atoms with Crippen molar-refractivity contribution in [1.29, 1.82) is 0 Å². The second-order valence-electron chi connectivity index (χ2n) is 7.18. The van der Waals surface area contributed by atoms with Crippen LogP contribution in [0.2, 0.25) is 5.02 Å². The Morgan fingerprint density at radius 1 is 1.14 bits per heavy atom. The molecule has 2 aromatic rings. The van der Waals surface area contributed by atoms with Crippen LogP contribution in [0.3, 0.4) is 0 Å². The van der Waals surface area contributed by atoms with Crippen molar-refractivity contribution < 1.29 is 14.3 Å². The summed E-state index contributed by atoms with van der Waals surface area (Å²) in [7, 11) is 1.61. The first-order chi connectivity index (χ1) is 13.5. The minimum Gasteiger partial charge on any atom is -0.496 e. The minimum atomic E-state index is -0.624. The number of nitrogens with one attached hydrogen (secondary N) is 1. The van der Waals surface area contributed by atoms with E-state index in [1.807, 2.05) is 55.5 Å². The third-order valence-corrected chi connectivity index (χ3v) is 5.46. The number of rotatable bonds is 7. The molecule has 2 aromatic carbocycles. The third kappa shape index (κ3) is 4.30. The average Bonchev–Trinajstić information content (AvgIpc) is 2.69. The van der Waals surface area contributed by atoms with Crippen LogP contribution in [0.4, 0.5) is 0 Å². The summed E-state index contributed by atoms with van der Waals surface area (Å²) in [6, 6.07) is 15.1. The minimum absolute atomic E-state index is 0.0477. The van der Waals surface area contributed by atoms with Crippen LogP contribution in [0.1, 0.15) is 24.5 Å². The van der Waals surface area contributed by atoms with E-state index in [1.54, 1.807) is 12.0 Å². The molecule has 0 spiro atoms. The number of carbonyl (C=O) groups is 2. The predicted octanol–water partition coefficient (Wildman–Crippen LogP) is 3.45. The molecule has 1 aliphatic rings. The molecule has 1 N–H and O–H groups in total. The van der Waals surface area contributed by atoms with Gasteiger partial charge >= 0.3 is 0 Å². The lowest BCUT2D eigenvalue weighted by Gasteiger charge is -2.49. The SMILES string of the molecule is CCC(=O)N1CC(Cc2ccc(Cl)cc2)(C(=O)NCc2ccccc2OC)C1. The van der Waals surface area contributed by atoms with E-state index in [1.165, 1.54) is 0 Å². The number of benzene rings is 2. The molecule has 6 heteroatoms. The highest BCUT2D eigenvalue weighted by Crippen LogP contribution is 2.35. The van der Waals surface area contributed by atoms with Gasteiger partial charge in [0.05, 0.1) is 12.5 Å². The van der Waals surface area contributed by atoms with Crippen molar-refractivity contribution in [3.05, 3.63) is 64.7 Å². The molecular weight excluding hydrogens is 376 g/mol. The fourth-order valence-electron chi connectivity index (χ4n) is 3.63. The lowest BCUT2D eigenvalue weighted by atomic mass is 9.73. The highest BCUT2D eigenvalue weighted by Gasteiger charge is 2.50. The van der Waals surface area contributed by atoms with Gasteiger partial charge in [0.15, 0.2) is 0 Å². The van der Waals surface area contributed by atoms with E-state index < -0.39 is 5.41 Å². The molecule has 28 heavy (non-hydrogen) atoms. The molecule has 1 saturated heterocycles. The van der Waals surface area contributed by atoms with E-state index in [9.17, 15) is 9.59 Å². The Balaban J connectivity index is 1.74. The van der Waals surface area contributed by atoms with Gasteiger partial charge in [0.2, 0.25) is 11.8 Å². The van der Waals surface area contributed by atoms with Crippen molar-refractivity contribution >= 4 is 23.4 Å². The molecule has 0 aliphatic carbocycles. The maximum Gasteiger partial charge on any atom is 0.230 e. The van der Waals surface area contributed by atoms with Crippen LogP contribution in [-0.2, 0) is 22.6 Å². The topological polar surface area (TPSA) is 58.6 Å². The summed E-state index contributed by atoms with van der Waals surface area (Å²) in [5.74, 6) is 0.767. The van der Waals surface area contributed by atoms with E-state index >= 15 is 0 Å². The number of methoxy groups -OCH3 is 1. The van der Waals surface area contributed by atoms with E-state index in [0.717, 1.165) is 16.9 Å². The molecule has 0 radical (unpaired) electrons. The molecule has 148 valence electrons. The number of halogens is 1. The van der Waals surface area contributed by atoms with E-state index in [0.29, 0.717) is 37.5 Å². The Bertz CT molecular complexity index is 845. The van der Waals surface area contributed by atoms with Crippen LogP contribution in [0.25, 0.3) is 0 Å². The predicted molar refractivity (Wildman–Crippen MR) is 109 cm³/mol. The van der Waals surface area contributed by atoms with Crippen molar-refractivity contribution in [1.82, 2.24) is 10.2 Å². The number of amides is 2. The van der Waals surface area contributed by atoms with Crippen molar-refractivity contribution in [2.75, 3.05) is 20.2 Å². The zero-order valence-electron chi connectivity index (χ0n) is 16.2. The van der Waals surface area contributed by atoms with Crippen LogP contribution in [0, 0.1) is 5.41 Å². The van der Waals surface area contributed by atoms with Gasteiger partial charge in [-0.05, 0) is 30.2 Å². The van der Waals surface area contributed by atoms with Gasteiger partial charge in [-0.1, -0.05) is 48.9 Å². The van der Waals surface area contributed by atoms with E-state index in [-0.39, 0.29) is 11.8 Å². The summed E-state index contributed by atoms with van der Waals surface area (Å²) in [5.41, 5.74) is 1.32. The monoisotopic (exact) mass is 400 g/mol. The molecule has 0 bridgehead atoms. The lowest BCUT2D eigenvalue weighted by molar-refractivity contribution is -0.153. The first-order valence-corrected chi connectivity index (χ1v) is 9.77. The number of nitrogens with zero attached hydrogens (tertiary/aromatic N) is 1. The fourth-order valence-corrected chi connectivity index (χ4v) is 3.75. The maximum absolute atomic E-state index is 13.1. The van der Waals surface area contributed by atoms with Gasteiger partial charge in [0.1, 0.15) is 5.75 Å². The lowest BCUT2D eigenvalue weighted by Crippen LogP contribution is -2.65. The second kappa shape index (κ2) is 8.65. The summed E-state index contributed by atoms with van der Waals surface area (Å²) in [5, 5.41) is 3.70. The molecule has 0 saturated carbocycles. The molecule has 0 aromatic heterocycles. The second-order valence-corrected chi connectivity index (χ2v) is 7.62. The third-order valence-electron chi connectivity index (χ3n) is 5.21. The smallest absolute Gasteiger partial charge is 0.230 e. The van der Waals surface area contributed by atoms with Crippen LogP contribution < -0.4 is 10.1 Å². The van der Waals surface area contributed by atoms with Gasteiger partial charge < -0.3 is 15.0 Å². The summed E-state index contributed by atoms with van der Waals surface area (Å²) in [4.78, 5) is 26.9. The van der Waals surface area contributed by atoms with Crippen molar-refractivity contribution in [2.24, 2.45) is 5.41 Å². The summed E-state index contributed by atoms with van der Waals surface area (Å²) in [6.07, 6.45) is 1.01. The quantitative estimate of drug-likeness (QED) is 0.774. The van der Waals surface area contributed by atoms with Crippen molar-refractivity contribution in [3.8, 4) is 5.75 Å². The number of hydrogen-bond acceptors (Lipinski definition) is 3. The maximum atomic E-state index is 13.1. The zero-order chi connectivity index (χ0) is 20.1. The summed E-state index contributed by atoms with van der Waals surface area (Å²) in [6.45, 7) is 3.08. The van der Waals surface area contributed by atoms with Crippen molar-refractivity contribution in [3.63, 3.8) is 0 Å². The molecule has 2 amide bonds. The van der Waals surface area contributed by atoms with Gasteiger partial charge in [0.25, 0.3) is 0 Å². The number of carbonyl (C=O) groups excluding carboxylic acids is 2. The normalized spacial score (nSPS) is 14.9. The Morgan fingerprint density at radius 3 is 2.46 bits per heavy atom. The molecule has 0 unspecified atom stereocenters. The van der Waals surface area contributed by atoms with Crippen LogP contribution in [0.15, 0.2) is 48.5 Å². The Labute approximate surface area is 170 Å². The van der Waals surface area contributed by atoms with Gasteiger partial charge in [0, 0.05) is 36.6 Å². The molecule has 0 atom stereocenters. The first-order valence-electron chi connectivity index (χ1n) is 9.40. The molecule has 1 heterocycles. The van der Waals surface area contributed by atoms with Crippen LogP contribution >= 0.6 is 11.6 Å². The number of para-hydroxylation sites is 1. The number of likely N-dealkylation sites (tertiary alicyclic amines) is 1. The van der Waals surface area contributed by atoms with Gasteiger partial charge in [-0.3, -0.25) is 9.59 Å². The highest BCUT2D eigenvalue weighted by atomic mass is 35.5. The Kier molecular flexibility index (Phi) is 6.25. The largest absolute Gasteiger partial charge is 0.496 e. The summed E-state index contributed by atoms with van der Waals surface area (Å²) < 4.78 is 5.36. The average molecular weight is 401 g/mol. The highest BCUT2D eigenvalue weighted by molar-refractivity contribution is 6.30. The Morgan fingerprint density at radius 2 is 1.82 bits per heavy atom. The van der Waals surface area contributed by atoms with Crippen molar-refractivity contribution in [2.45, 2.75) is 26.3 Å². The van der Waals surface area contributed by atoms with E-state index in [2.05, 4.69) is 5.32 Å². The van der Waals surface area contributed by atoms with Crippen LogP contribution in [-0.4, -0.2) is 36.9 Å². The van der Waals surface area contributed by atoms with Crippen LogP contribution in [0.5, 0.6) is 5.75 Å². The fraction of sp³-hybridized carbons (Fsp3) is 0.364. The molecule has 1 aliphatic heterocycles. The summed E-state index contributed by atoms with van der Waals surface area (Å²) >= 11 is 5.98. The molecule has 1 fully saturated rings. The zero-order valence-corrected chi connectivity index (χ0v) is 17.0. The number of ether oxygens (including phenoxy) is 1. The number of hydrogen-bond donors (Lipinski definition) is 1. The standard InChI is InChI=1S/C22H25ClN2O3/c1-3-20(26)25-14-22(15-25,12-16-8-10-18(23)11-9-16)21(27)24-13-17-6-4-5-7-19(17)28-2/h4-11H,3,12-15H2,1-2H3,(H,24,27). The van der Waals surface area contributed by atoms with Gasteiger partial charge in [-0.15, -0.1) is 0 Å². The molecular formula is C22H25ClN2O3. The van der Waals surface area contributed by atoms with E-state index in [4.69, 9.17) is 16.3 Å². The Hall–Kier alpha value is -2.53.